The Morgan fingerprint density at radius 3 is 1.62 bits per heavy atom. The third kappa shape index (κ3) is 5.01. The van der Waals surface area contributed by atoms with E-state index >= 15 is 0 Å². The fourth-order valence-electron chi connectivity index (χ4n) is 9.45. The highest BCUT2D eigenvalue weighted by Crippen LogP contribution is 2.51. The zero-order valence-corrected chi connectivity index (χ0v) is 31.5. The Balaban J connectivity index is 1.05. The molecule has 0 spiro atoms. The highest BCUT2D eigenvalue weighted by Gasteiger charge is 2.35. The Morgan fingerprint density at radius 2 is 0.857 bits per heavy atom. The summed E-state index contributed by atoms with van der Waals surface area (Å²) in [5.74, 6) is 0. The molecule has 1 aliphatic carbocycles. The minimum atomic E-state index is -0.0442. The van der Waals surface area contributed by atoms with Crippen LogP contribution in [-0.2, 0) is 5.41 Å². The topological polar surface area (TPSA) is 3.24 Å². The van der Waals surface area contributed by atoms with Gasteiger partial charge in [-0.25, -0.2) is 0 Å². The minimum Gasteiger partial charge on any atom is -0.310 e. The molecule has 0 N–H and O–H groups in total. The number of anilines is 3. The fourth-order valence-corrected chi connectivity index (χ4v) is 9.45. The lowest BCUT2D eigenvalue weighted by atomic mass is 9.82. The standard InChI is InChI=1S/C55H39N/c1-55(2)51-18-9-8-15-48(51)50-35-44(32-34-52(50)55)56(42-28-23-37(24-29-42)36-11-4-3-5-12-36)43-30-25-39(26-31-43)45-16-10-17-49-47(45)33-27-41-22-21-40-20-19-38-13-6-7-14-46(38)53(40)54(41)49/h3-35H,1-2H3. The predicted molar refractivity (Wildman–Crippen MR) is 240 cm³/mol. The molecule has 0 bridgehead atoms. The summed E-state index contributed by atoms with van der Waals surface area (Å²) >= 11 is 0. The normalized spacial score (nSPS) is 13.0. The van der Waals surface area contributed by atoms with Crippen LogP contribution in [0.3, 0.4) is 0 Å². The van der Waals surface area contributed by atoms with E-state index in [-0.39, 0.29) is 5.41 Å². The third-order valence-corrected chi connectivity index (χ3v) is 12.2. The molecule has 56 heavy (non-hydrogen) atoms. The minimum absolute atomic E-state index is 0.0442. The lowest BCUT2D eigenvalue weighted by Crippen LogP contribution is -2.15. The number of fused-ring (bicyclic) bond motifs is 10. The average Bonchev–Trinajstić information content (AvgIpc) is 3.49. The van der Waals surface area contributed by atoms with Crippen LogP contribution in [0.1, 0.15) is 25.0 Å². The summed E-state index contributed by atoms with van der Waals surface area (Å²) in [6, 6.07) is 73.9. The first-order chi connectivity index (χ1) is 27.5. The van der Waals surface area contributed by atoms with Gasteiger partial charge in [-0.15, -0.1) is 0 Å². The van der Waals surface area contributed by atoms with Gasteiger partial charge in [0.1, 0.15) is 0 Å². The third-order valence-electron chi connectivity index (χ3n) is 12.2. The molecular weight excluding hydrogens is 675 g/mol. The van der Waals surface area contributed by atoms with Crippen LogP contribution >= 0.6 is 0 Å². The average molecular weight is 714 g/mol. The molecule has 0 amide bonds. The molecule has 0 atom stereocenters. The molecule has 11 rings (SSSR count). The van der Waals surface area contributed by atoms with E-state index in [1.54, 1.807) is 0 Å². The lowest BCUT2D eigenvalue weighted by molar-refractivity contribution is 0.660. The van der Waals surface area contributed by atoms with E-state index in [4.69, 9.17) is 0 Å². The molecule has 0 radical (unpaired) electrons. The zero-order chi connectivity index (χ0) is 37.4. The van der Waals surface area contributed by atoms with E-state index in [0.717, 1.165) is 17.1 Å². The predicted octanol–water partition coefficient (Wildman–Crippen LogP) is 15.4. The smallest absolute Gasteiger partial charge is 0.0468 e. The SMILES string of the molecule is CC1(C)c2ccccc2-c2cc(N(c3ccc(-c4ccccc4)cc3)c3ccc(-c4cccc5c4ccc4ccc6ccc7ccccc7c6c45)cc3)ccc21. The molecule has 0 fully saturated rings. The van der Waals surface area contributed by atoms with E-state index < -0.39 is 0 Å². The molecular formula is C55H39N. The van der Waals surface area contributed by atoms with E-state index in [1.807, 2.05) is 0 Å². The van der Waals surface area contributed by atoms with Gasteiger partial charge in [0.2, 0.25) is 0 Å². The van der Waals surface area contributed by atoms with Crippen molar-refractivity contribution in [1.82, 2.24) is 0 Å². The van der Waals surface area contributed by atoms with Crippen molar-refractivity contribution in [2.45, 2.75) is 19.3 Å². The largest absolute Gasteiger partial charge is 0.310 e. The van der Waals surface area contributed by atoms with Crippen LogP contribution in [0.2, 0.25) is 0 Å². The van der Waals surface area contributed by atoms with Crippen molar-refractivity contribution in [3.05, 3.63) is 211 Å². The van der Waals surface area contributed by atoms with Gasteiger partial charge in [0.15, 0.2) is 0 Å². The van der Waals surface area contributed by atoms with Crippen LogP contribution in [0.4, 0.5) is 17.1 Å². The van der Waals surface area contributed by atoms with Crippen molar-refractivity contribution >= 4 is 60.2 Å². The molecule has 1 nitrogen and oxygen atoms in total. The molecule has 10 aromatic rings. The second kappa shape index (κ2) is 12.5. The van der Waals surface area contributed by atoms with Crippen LogP contribution in [0.25, 0.3) is 76.5 Å². The van der Waals surface area contributed by atoms with Gasteiger partial charge in [-0.05, 0) is 124 Å². The molecule has 0 saturated carbocycles. The Hall–Kier alpha value is -6.96. The van der Waals surface area contributed by atoms with Gasteiger partial charge >= 0.3 is 0 Å². The van der Waals surface area contributed by atoms with Crippen molar-refractivity contribution in [1.29, 1.82) is 0 Å². The van der Waals surface area contributed by atoms with Gasteiger partial charge in [0, 0.05) is 22.5 Å². The number of rotatable bonds is 5. The summed E-state index contributed by atoms with van der Waals surface area (Å²) in [7, 11) is 0. The van der Waals surface area contributed by atoms with Gasteiger partial charge in [-0.1, -0.05) is 178 Å². The van der Waals surface area contributed by atoms with E-state index in [9.17, 15) is 0 Å². The highest BCUT2D eigenvalue weighted by atomic mass is 15.1. The molecule has 0 saturated heterocycles. The fraction of sp³-hybridized carbons (Fsp3) is 0.0545. The first-order valence-corrected chi connectivity index (χ1v) is 19.6. The molecule has 0 aliphatic heterocycles. The highest BCUT2D eigenvalue weighted by molar-refractivity contribution is 6.28. The maximum atomic E-state index is 2.40. The molecule has 10 aromatic carbocycles. The van der Waals surface area contributed by atoms with E-state index in [0.29, 0.717) is 0 Å². The molecule has 1 heteroatoms. The quantitative estimate of drug-likeness (QED) is 0.161. The Kier molecular flexibility index (Phi) is 7.28. The molecule has 0 unspecified atom stereocenters. The van der Waals surface area contributed by atoms with Crippen molar-refractivity contribution in [3.8, 4) is 33.4 Å². The van der Waals surface area contributed by atoms with Crippen molar-refractivity contribution < 1.29 is 0 Å². The lowest BCUT2D eigenvalue weighted by Gasteiger charge is -2.27. The molecule has 0 aromatic heterocycles. The number of benzene rings is 10. The summed E-state index contributed by atoms with van der Waals surface area (Å²) in [6.07, 6.45) is 0. The molecule has 264 valence electrons. The van der Waals surface area contributed by atoms with Crippen LogP contribution < -0.4 is 4.90 Å². The van der Waals surface area contributed by atoms with Crippen LogP contribution in [-0.4, -0.2) is 0 Å². The Labute approximate surface area is 327 Å². The maximum absolute atomic E-state index is 2.40. The summed E-state index contributed by atoms with van der Waals surface area (Å²) in [5, 5.41) is 10.3. The molecule has 1 aliphatic rings. The van der Waals surface area contributed by atoms with Gasteiger partial charge in [0.25, 0.3) is 0 Å². The first kappa shape index (κ1) is 32.5. The van der Waals surface area contributed by atoms with E-state index in [2.05, 4.69) is 219 Å². The van der Waals surface area contributed by atoms with Gasteiger partial charge < -0.3 is 4.90 Å². The number of hydrogen-bond acceptors (Lipinski definition) is 1. The van der Waals surface area contributed by atoms with Crippen LogP contribution in [0, 0.1) is 0 Å². The van der Waals surface area contributed by atoms with Crippen molar-refractivity contribution in [3.63, 3.8) is 0 Å². The Morgan fingerprint density at radius 1 is 0.321 bits per heavy atom. The summed E-state index contributed by atoms with van der Waals surface area (Å²) in [5.41, 5.74) is 13.6. The summed E-state index contributed by atoms with van der Waals surface area (Å²) in [6.45, 7) is 4.69. The van der Waals surface area contributed by atoms with Gasteiger partial charge in [0.05, 0.1) is 0 Å². The zero-order valence-electron chi connectivity index (χ0n) is 31.5. The summed E-state index contributed by atoms with van der Waals surface area (Å²) < 4.78 is 0. The van der Waals surface area contributed by atoms with E-state index in [1.165, 1.54) is 87.6 Å². The van der Waals surface area contributed by atoms with Crippen LogP contribution in [0.5, 0.6) is 0 Å². The van der Waals surface area contributed by atoms with Gasteiger partial charge in [-0.3, -0.25) is 0 Å². The number of nitrogens with zero attached hydrogens (tertiary/aromatic N) is 1. The second-order valence-corrected chi connectivity index (χ2v) is 15.7. The maximum Gasteiger partial charge on any atom is 0.0468 e. The van der Waals surface area contributed by atoms with Gasteiger partial charge in [-0.2, -0.15) is 0 Å². The Bertz CT molecular complexity index is 3130. The second-order valence-electron chi connectivity index (χ2n) is 15.7. The van der Waals surface area contributed by atoms with Crippen molar-refractivity contribution in [2.24, 2.45) is 0 Å². The monoisotopic (exact) mass is 713 g/mol. The first-order valence-electron chi connectivity index (χ1n) is 19.6. The molecule has 0 heterocycles. The number of hydrogen-bond donors (Lipinski definition) is 0. The van der Waals surface area contributed by atoms with Crippen LogP contribution in [0.15, 0.2) is 200 Å². The van der Waals surface area contributed by atoms with Crippen molar-refractivity contribution in [2.75, 3.05) is 4.90 Å². The summed E-state index contributed by atoms with van der Waals surface area (Å²) in [4.78, 5) is 2.40.